The van der Waals surface area contributed by atoms with Gasteiger partial charge < -0.3 is 15.8 Å². The second-order valence-corrected chi connectivity index (χ2v) is 4.71. The Morgan fingerprint density at radius 2 is 2.00 bits per heavy atom. The van der Waals surface area contributed by atoms with E-state index >= 15 is 0 Å². The van der Waals surface area contributed by atoms with Gasteiger partial charge in [0, 0.05) is 34.2 Å². The number of hydrogen-bond donors (Lipinski definition) is 2. The van der Waals surface area contributed by atoms with Crippen LogP contribution in [-0.4, -0.2) is 6.61 Å². The van der Waals surface area contributed by atoms with Crippen molar-refractivity contribution >= 4 is 28.7 Å². The zero-order valence-electron chi connectivity index (χ0n) is 10.8. The van der Waals surface area contributed by atoms with E-state index in [9.17, 15) is 0 Å². The first-order valence-corrected chi connectivity index (χ1v) is 6.61. The van der Waals surface area contributed by atoms with Gasteiger partial charge in [-0.3, -0.25) is 0 Å². The maximum absolute atomic E-state index is 5.95. The van der Waals surface area contributed by atoms with Crippen molar-refractivity contribution in [1.29, 1.82) is 0 Å². The van der Waals surface area contributed by atoms with E-state index < -0.39 is 0 Å². The van der Waals surface area contributed by atoms with Crippen LogP contribution in [0.5, 0.6) is 5.75 Å². The van der Waals surface area contributed by atoms with Crippen LogP contribution in [0.1, 0.15) is 13.3 Å². The molecule has 0 aliphatic carbocycles. The predicted octanol–water partition coefficient (Wildman–Crippen LogP) is 4.45. The third-order valence-corrected chi connectivity index (χ3v) is 2.75. The van der Waals surface area contributed by atoms with Crippen LogP contribution < -0.4 is 15.8 Å². The number of nitrogens with two attached hydrogens (primary N) is 1. The fourth-order valence-corrected chi connectivity index (χ4v) is 1.92. The van der Waals surface area contributed by atoms with E-state index in [0.29, 0.717) is 17.3 Å². The molecule has 0 bridgehead atoms. The normalized spacial score (nSPS) is 10.2. The highest BCUT2D eigenvalue weighted by Gasteiger charge is 2.01. The standard InChI is InChI=1S/C15H17ClN2O/c1-2-6-19-15-9-12(17)8-14(10-15)18-13-5-3-4-11(16)7-13/h3-5,7-10,18H,2,6,17H2,1H3. The molecular weight excluding hydrogens is 260 g/mol. The van der Waals surface area contributed by atoms with E-state index in [1.54, 1.807) is 0 Å². The molecule has 3 N–H and O–H groups in total. The number of nitrogen functional groups attached to an aromatic ring is 1. The summed E-state index contributed by atoms with van der Waals surface area (Å²) in [5, 5.41) is 3.95. The molecule has 0 spiro atoms. The summed E-state index contributed by atoms with van der Waals surface area (Å²) in [6.07, 6.45) is 0.964. The van der Waals surface area contributed by atoms with Gasteiger partial charge in [0.2, 0.25) is 0 Å². The summed E-state index contributed by atoms with van der Waals surface area (Å²) in [6, 6.07) is 13.1. The minimum atomic E-state index is 0.665. The summed E-state index contributed by atoms with van der Waals surface area (Å²) in [7, 11) is 0. The van der Waals surface area contributed by atoms with Gasteiger partial charge in [-0.25, -0.2) is 0 Å². The van der Waals surface area contributed by atoms with Crippen molar-refractivity contribution in [2.24, 2.45) is 0 Å². The molecule has 19 heavy (non-hydrogen) atoms. The number of nitrogens with one attached hydrogen (secondary N) is 1. The highest BCUT2D eigenvalue weighted by molar-refractivity contribution is 6.30. The lowest BCUT2D eigenvalue weighted by atomic mass is 10.2. The summed E-state index contributed by atoms with van der Waals surface area (Å²) < 4.78 is 5.59. The Balaban J connectivity index is 2.17. The van der Waals surface area contributed by atoms with E-state index in [-0.39, 0.29) is 0 Å². The van der Waals surface area contributed by atoms with Crippen molar-refractivity contribution in [1.82, 2.24) is 0 Å². The van der Waals surface area contributed by atoms with E-state index in [0.717, 1.165) is 23.5 Å². The Morgan fingerprint density at radius 3 is 2.74 bits per heavy atom. The zero-order valence-corrected chi connectivity index (χ0v) is 11.6. The van der Waals surface area contributed by atoms with Crippen molar-refractivity contribution in [3.8, 4) is 5.75 Å². The van der Waals surface area contributed by atoms with Gasteiger partial charge in [0.05, 0.1) is 6.61 Å². The van der Waals surface area contributed by atoms with Gasteiger partial charge >= 0.3 is 0 Å². The largest absolute Gasteiger partial charge is 0.493 e. The van der Waals surface area contributed by atoms with E-state index in [4.69, 9.17) is 22.1 Å². The molecule has 100 valence electrons. The predicted molar refractivity (Wildman–Crippen MR) is 81.4 cm³/mol. The molecule has 0 aliphatic rings. The molecule has 0 atom stereocenters. The molecule has 0 heterocycles. The van der Waals surface area contributed by atoms with E-state index in [1.165, 1.54) is 0 Å². The quantitative estimate of drug-likeness (QED) is 0.793. The smallest absolute Gasteiger partial charge is 0.123 e. The number of halogens is 1. The molecule has 0 radical (unpaired) electrons. The molecule has 2 aromatic rings. The average Bonchev–Trinajstić information content (AvgIpc) is 2.35. The van der Waals surface area contributed by atoms with Crippen LogP contribution in [0.4, 0.5) is 17.1 Å². The van der Waals surface area contributed by atoms with E-state index in [1.807, 2.05) is 42.5 Å². The highest BCUT2D eigenvalue weighted by atomic mass is 35.5. The van der Waals surface area contributed by atoms with Crippen molar-refractivity contribution in [2.45, 2.75) is 13.3 Å². The van der Waals surface area contributed by atoms with Gasteiger partial charge in [-0.15, -0.1) is 0 Å². The summed E-state index contributed by atoms with van der Waals surface area (Å²) in [5.41, 5.74) is 8.33. The van der Waals surface area contributed by atoms with Gasteiger partial charge in [0.15, 0.2) is 0 Å². The van der Waals surface area contributed by atoms with Gasteiger partial charge in [0.1, 0.15) is 5.75 Å². The third kappa shape index (κ3) is 4.07. The molecule has 0 aromatic heterocycles. The zero-order chi connectivity index (χ0) is 13.7. The van der Waals surface area contributed by atoms with Crippen LogP contribution in [-0.2, 0) is 0 Å². The SMILES string of the molecule is CCCOc1cc(N)cc(Nc2cccc(Cl)c2)c1. The maximum Gasteiger partial charge on any atom is 0.123 e. The molecule has 4 heteroatoms. The highest BCUT2D eigenvalue weighted by Crippen LogP contribution is 2.26. The first-order chi connectivity index (χ1) is 9.17. The summed E-state index contributed by atoms with van der Waals surface area (Å²) in [5.74, 6) is 0.770. The Kier molecular flexibility index (Phi) is 4.53. The number of hydrogen-bond acceptors (Lipinski definition) is 3. The molecule has 0 unspecified atom stereocenters. The maximum atomic E-state index is 5.95. The molecule has 2 aromatic carbocycles. The van der Waals surface area contributed by atoms with Crippen LogP contribution in [0.2, 0.25) is 5.02 Å². The Bertz CT molecular complexity index is 558. The van der Waals surface area contributed by atoms with Crippen LogP contribution in [0.15, 0.2) is 42.5 Å². The van der Waals surface area contributed by atoms with Crippen molar-refractivity contribution in [3.05, 3.63) is 47.5 Å². The molecule has 3 nitrogen and oxygen atoms in total. The number of ether oxygens (including phenoxy) is 1. The van der Waals surface area contributed by atoms with Gasteiger partial charge in [-0.2, -0.15) is 0 Å². The molecule has 0 fully saturated rings. The molecule has 0 saturated heterocycles. The average molecular weight is 277 g/mol. The number of anilines is 3. The summed E-state index contributed by atoms with van der Waals surface area (Å²) in [6.45, 7) is 2.75. The second-order valence-electron chi connectivity index (χ2n) is 4.27. The van der Waals surface area contributed by atoms with Crippen LogP contribution >= 0.6 is 11.6 Å². The van der Waals surface area contributed by atoms with Crippen LogP contribution in [0, 0.1) is 0 Å². The molecule has 0 saturated carbocycles. The lowest BCUT2D eigenvalue weighted by molar-refractivity contribution is 0.318. The summed E-state index contributed by atoms with van der Waals surface area (Å²) in [4.78, 5) is 0. The van der Waals surface area contributed by atoms with E-state index in [2.05, 4.69) is 12.2 Å². The van der Waals surface area contributed by atoms with Crippen molar-refractivity contribution in [3.63, 3.8) is 0 Å². The first-order valence-electron chi connectivity index (χ1n) is 6.23. The van der Waals surface area contributed by atoms with Gasteiger partial charge in [0.25, 0.3) is 0 Å². The van der Waals surface area contributed by atoms with Crippen molar-refractivity contribution < 1.29 is 4.74 Å². The van der Waals surface area contributed by atoms with Gasteiger partial charge in [-0.1, -0.05) is 24.6 Å². The van der Waals surface area contributed by atoms with Crippen molar-refractivity contribution in [2.75, 3.05) is 17.7 Å². The minimum absolute atomic E-state index is 0.665. The molecule has 0 amide bonds. The van der Waals surface area contributed by atoms with Crippen LogP contribution in [0.3, 0.4) is 0 Å². The fraction of sp³-hybridized carbons (Fsp3) is 0.200. The Morgan fingerprint density at radius 1 is 1.16 bits per heavy atom. The Labute approximate surface area is 118 Å². The number of rotatable bonds is 5. The fourth-order valence-electron chi connectivity index (χ4n) is 1.73. The minimum Gasteiger partial charge on any atom is -0.493 e. The third-order valence-electron chi connectivity index (χ3n) is 2.52. The monoisotopic (exact) mass is 276 g/mol. The lowest BCUT2D eigenvalue weighted by Gasteiger charge is -2.11. The molecule has 2 rings (SSSR count). The number of benzene rings is 2. The lowest BCUT2D eigenvalue weighted by Crippen LogP contribution is -1.98. The molecular formula is C15H17ClN2O. The summed E-state index contributed by atoms with van der Waals surface area (Å²) >= 11 is 5.95. The first kappa shape index (κ1) is 13.6. The Hall–Kier alpha value is -1.87. The molecule has 0 aliphatic heterocycles. The van der Waals surface area contributed by atoms with Gasteiger partial charge in [-0.05, 0) is 30.7 Å². The topological polar surface area (TPSA) is 47.3 Å². The van der Waals surface area contributed by atoms with Crippen LogP contribution in [0.25, 0.3) is 0 Å². The second kappa shape index (κ2) is 6.34.